The zero-order valence-electron chi connectivity index (χ0n) is 15.6. The van der Waals surface area contributed by atoms with Crippen molar-refractivity contribution in [2.75, 3.05) is 14.2 Å². The van der Waals surface area contributed by atoms with Gasteiger partial charge in [0.25, 0.3) is 0 Å². The number of urea groups is 1. The Balaban J connectivity index is 1.45. The van der Waals surface area contributed by atoms with E-state index in [9.17, 15) is 4.79 Å². The van der Waals surface area contributed by atoms with Crippen molar-refractivity contribution in [3.8, 4) is 5.75 Å². The van der Waals surface area contributed by atoms with Crippen LogP contribution in [0.5, 0.6) is 5.75 Å². The van der Waals surface area contributed by atoms with E-state index in [2.05, 4.69) is 20.5 Å². The molecule has 7 heteroatoms. The zero-order valence-corrected chi connectivity index (χ0v) is 15.6. The molecule has 2 N–H and O–H groups in total. The van der Waals surface area contributed by atoms with Crippen LogP contribution in [0.2, 0.25) is 0 Å². The highest BCUT2D eigenvalue weighted by Gasteiger charge is 2.19. The van der Waals surface area contributed by atoms with Gasteiger partial charge in [0.05, 0.1) is 19.3 Å². The molecule has 0 radical (unpaired) electrons. The van der Waals surface area contributed by atoms with Crippen LogP contribution in [0, 0.1) is 0 Å². The number of carbonyl (C=O) groups excluding carboxylic acids is 1. The van der Waals surface area contributed by atoms with Crippen LogP contribution in [-0.2, 0) is 25.9 Å². The first kappa shape index (κ1) is 17.3. The molecule has 27 heavy (non-hydrogen) atoms. The van der Waals surface area contributed by atoms with E-state index in [1.54, 1.807) is 25.3 Å². The summed E-state index contributed by atoms with van der Waals surface area (Å²) >= 11 is 0. The highest BCUT2D eigenvalue weighted by molar-refractivity contribution is 5.87. The molecule has 7 nitrogen and oxygen atoms in total. The molecule has 0 unspecified atom stereocenters. The van der Waals surface area contributed by atoms with Crippen molar-refractivity contribution in [1.82, 2.24) is 25.4 Å². The lowest BCUT2D eigenvalue weighted by atomic mass is 10.1. The number of hydrogen-bond acceptors (Lipinski definition) is 4. The predicted molar refractivity (Wildman–Crippen MR) is 103 cm³/mol. The number of H-pyrrole nitrogens is 1. The van der Waals surface area contributed by atoms with Crippen molar-refractivity contribution in [3.63, 3.8) is 0 Å². The Kier molecular flexibility index (Phi) is 4.66. The number of hydrogen-bond donors (Lipinski definition) is 2. The van der Waals surface area contributed by atoms with Gasteiger partial charge in [-0.1, -0.05) is 12.1 Å². The first-order chi connectivity index (χ1) is 13.2. The second-order valence-electron chi connectivity index (χ2n) is 6.82. The molecule has 1 aliphatic carbocycles. The van der Waals surface area contributed by atoms with Crippen molar-refractivity contribution in [1.29, 1.82) is 0 Å². The highest BCUT2D eigenvalue weighted by atomic mass is 16.5. The number of nitrogens with zero attached hydrogens (tertiary/aromatic N) is 3. The van der Waals surface area contributed by atoms with E-state index in [-0.39, 0.29) is 6.03 Å². The molecule has 0 saturated heterocycles. The lowest BCUT2D eigenvalue weighted by Crippen LogP contribution is -2.36. The largest absolute Gasteiger partial charge is 0.494 e. The molecular weight excluding hydrogens is 342 g/mol. The molecule has 1 aliphatic rings. The van der Waals surface area contributed by atoms with E-state index in [0.29, 0.717) is 13.1 Å². The Morgan fingerprint density at radius 1 is 1.33 bits per heavy atom. The summed E-state index contributed by atoms with van der Waals surface area (Å²) in [4.78, 5) is 18.6. The molecule has 2 aromatic heterocycles. The van der Waals surface area contributed by atoms with Crippen molar-refractivity contribution >= 4 is 16.9 Å². The number of pyridine rings is 1. The Morgan fingerprint density at radius 2 is 2.22 bits per heavy atom. The number of nitrogens with one attached hydrogen (secondary N) is 2. The Labute approximate surface area is 157 Å². The SMILES string of the molecule is COc1ccc(CN(C)C(=O)NCc2n[nH]c3c2CCC3)c2cccnc12. The molecular formula is C20H23N5O2. The maximum atomic E-state index is 12.5. The molecule has 2 heterocycles. The van der Waals surface area contributed by atoms with Gasteiger partial charge in [-0.3, -0.25) is 10.1 Å². The normalized spacial score (nSPS) is 12.8. The molecule has 140 valence electrons. The first-order valence-corrected chi connectivity index (χ1v) is 9.12. The van der Waals surface area contributed by atoms with Crippen molar-refractivity contribution in [2.45, 2.75) is 32.4 Å². The van der Waals surface area contributed by atoms with Gasteiger partial charge in [-0.15, -0.1) is 0 Å². The maximum Gasteiger partial charge on any atom is 0.317 e. The van der Waals surface area contributed by atoms with Gasteiger partial charge in [0, 0.05) is 30.9 Å². The second kappa shape index (κ2) is 7.26. The number of aromatic nitrogens is 3. The summed E-state index contributed by atoms with van der Waals surface area (Å²) in [6.45, 7) is 0.927. The van der Waals surface area contributed by atoms with E-state index >= 15 is 0 Å². The predicted octanol–water partition coefficient (Wildman–Crippen LogP) is 2.80. The summed E-state index contributed by atoms with van der Waals surface area (Å²) in [5, 5.41) is 11.4. The average Bonchev–Trinajstić information content (AvgIpc) is 3.30. The number of rotatable bonds is 5. The van der Waals surface area contributed by atoms with Crippen LogP contribution in [0.15, 0.2) is 30.5 Å². The molecule has 0 aliphatic heterocycles. The molecule has 0 atom stereocenters. The minimum absolute atomic E-state index is 0.127. The summed E-state index contributed by atoms with van der Waals surface area (Å²) in [6, 6.07) is 7.64. The van der Waals surface area contributed by atoms with Crippen LogP contribution in [-0.4, -0.2) is 40.3 Å². The number of carbonyl (C=O) groups is 1. The lowest BCUT2D eigenvalue weighted by Gasteiger charge is -2.19. The number of aromatic amines is 1. The average molecular weight is 365 g/mol. The summed E-state index contributed by atoms with van der Waals surface area (Å²) < 4.78 is 5.39. The molecule has 0 saturated carbocycles. The van der Waals surface area contributed by atoms with E-state index in [0.717, 1.165) is 47.2 Å². The van der Waals surface area contributed by atoms with Gasteiger partial charge in [-0.05, 0) is 42.5 Å². The molecule has 0 bridgehead atoms. The van der Waals surface area contributed by atoms with E-state index in [4.69, 9.17) is 4.74 Å². The summed E-state index contributed by atoms with van der Waals surface area (Å²) in [5.74, 6) is 0.730. The third-order valence-corrected chi connectivity index (χ3v) is 5.10. The van der Waals surface area contributed by atoms with Gasteiger partial charge >= 0.3 is 6.03 Å². The number of aryl methyl sites for hydroxylation is 1. The van der Waals surface area contributed by atoms with Crippen LogP contribution in [0.25, 0.3) is 10.9 Å². The van der Waals surface area contributed by atoms with Crippen molar-refractivity contribution < 1.29 is 9.53 Å². The van der Waals surface area contributed by atoms with Crippen molar-refractivity contribution in [2.24, 2.45) is 0 Å². The standard InChI is InChI=1S/C20H23N5O2/c1-25(20(26)22-11-17-15-5-3-7-16(15)23-24-17)12-13-8-9-18(27-2)19-14(13)6-4-10-21-19/h4,6,8-10H,3,5,7,11-12H2,1-2H3,(H,22,26)(H,23,24). The summed E-state index contributed by atoms with van der Waals surface area (Å²) in [6.07, 6.45) is 4.99. The minimum atomic E-state index is -0.127. The fourth-order valence-corrected chi connectivity index (χ4v) is 3.66. The van der Waals surface area contributed by atoms with Crippen LogP contribution in [0.1, 0.15) is 28.9 Å². The molecule has 4 rings (SSSR count). The van der Waals surface area contributed by atoms with Gasteiger partial charge in [0.2, 0.25) is 0 Å². The Bertz CT molecular complexity index is 982. The zero-order chi connectivity index (χ0) is 18.8. The monoisotopic (exact) mass is 365 g/mol. The van der Waals surface area contributed by atoms with Gasteiger partial charge in [-0.2, -0.15) is 5.10 Å². The topological polar surface area (TPSA) is 83.1 Å². The third kappa shape index (κ3) is 3.32. The van der Waals surface area contributed by atoms with Gasteiger partial charge in [0.1, 0.15) is 11.3 Å². The highest BCUT2D eigenvalue weighted by Crippen LogP contribution is 2.27. The quantitative estimate of drug-likeness (QED) is 0.728. The maximum absolute atomic E-state index is 12.5. The van der Waals surface area contributed by atoms with Crippen LogP contribution in [0.4, 0.5) is 4.79 Å². The fraction of sp³-hybridized carbons (Fsp3) is 0.350. The molecule has 2 amide bonds. The molecule has 1 aromatic carbocycles. The second-order valence-corrected chi connectivity index (χ2v) is 6.82. The van der Waals surface area contributed by atoms with Crippen LogP contribution in [0.3, 0.4) is 0 Å². The van der Waals surface area contributed by atoms with Gasteiger partial charge in [0.15, 0.2) is 0 Å². The summed E-state index contributed by atoms with van der Waals surface area (Å²) in [5.41, 5.74) is 5.26. The van der Waals surface area contributed by atoms with E-state index in [1.165, 1.54) is 11.3 Å². The van der Waals surface area contributed by atoms with Crippen LogP contribution >= 0.6 is 0 Å². The molecule has 0 fully saturated rings. The third-order valence-electron chi connectivity index (χ3n) is 5.10. The lowest BCUT2D eigenvalue weighted by molar-refractivity contribution is 0.206. The number of ether oxygens (including phenoxy) is 1. The van der Waals surface area contributed by atoms with E-state index < -0.39 is 0 Å². The minimum Gasteiger partial charge on any atom is -0.494 e. The first-order valence-electron chi connectivity index (χ1n) is 9.12. The number of fused-ring (bicyclic) bond motifs is 2. The summed E-state index contributed by atoms with van der Waals surface area (Å²) in [7, 11) is 3.42. The Hall–Kier alpha value is -3.09. The molecule has 0 spiro atoms. The van der Waals surface area contributed by atoms with Crippen LogP contribution < -0.4 is 10.1 Å². The smallest absolute Gasteiger partial charge is 0.317 e. The van der Waals surface area contributed by atoms with Gasteiger partial charge < -0.3 is 15.0 Å². The Morgan fingerprint density at radius 3 is 3.07 bits per heavy atom. The fourth-order valence-electron chi connectivity index (χ4n) is 3.66. The number of amides is 2. The van der Waals surface area contributed by atoms with Gasteiger partial charge in [-0.25, -0.2) is 4.79 Å². The number of methoxy groups -OCH3 is 1. The van der Waals surface area contributed by atoms with Crippen molar-refractivity contribution in [3.05, 3.63) is 53.0 Å². The van der Waals surface area contributed by atoms with E-state index in [1.807, 2.05) is 24.3 Å². The number of benzene rings is 1. The molecule has 3 aromatic rings.